The minimum absolute atomic E-state index is 0.391. The molecule has 0 fully saturated rings. The minimum atomic E-state index is -1.35. The molecular formula is C34H29N2O+. The molecule has 0 aliphatic carbocycles. The third kappa shape index (κ3) is 4.14. The fourth-order valence-corrected chi connectivity index (χ4v) is 5.46. The minimum Gasteiger partial charge on any atom is -0.346 e. The van der Waals surface area contributed by atoms with Crippen molar-refractivity contribution in [1.29, 1.82) is 0 Å². The summed E-state index contributed by atoms with van der Waals surface area (Å²) >= 11 is 0. The lowest BCUT2D eigenvalue weighted by Crippen LogP contribution is -2.43. The Morgan fingerprint density at radius 3 is 1.68 bits per heavy atom. The summed E-state index contributed by atoms with van der Waals surface area (Å²) in [5.41, 5.74) is 3.76. The zero-order valence-electron chi connectivity index (χ0n) is 20.6. The van der Waals surface area contributed by atoms with Crippen LogP contribution in [-0.4, -0.2) is 15.5 Å². The molecule has 0 bridgehead atoms. The normalized spacial score (nSPS) is 19.3. The molecule has 1 aliphatic rings. The Bertz CT molecular complexity index is 1490. The van der Waals surface area contributed by atoms with Gasteiger partial charge in [0.2, 0.25) is 0 Å². The van der Waals surface area contributed by atoms with E-state index in [1.165, 1.54) is 0 Å². The second-order valence-electron chi connectivity index (χ2n) is 9.37. The Morgan fingerprint density at radius 2 is 1.08 bits per heavy atom. The lowest BCUT2D eigenvalue weighted by molar-refractivity contribution is -0.677. The summed E-state index contributed by atoms with van der Waals surface area (Å²) in [5, 5.41) is 13.1. The van der Waals surface area contributed by atoms with Gasteiger partial charge in [0, 0.05) is 11.1 Å². The molecule has 0 aromatic heterocycles. The van der Waals surface area contributed by atoms with E-state index in [0.717, 1.165) is 33.8 Å². The van der Waals surface area contributed by atoms with E-state index in [1.807, 2.05) is 66.7 Å². The van der Waals surface area contributed by atoms with Crippen LogP contribution in [0.2, 0.25) is 0 Å². The summed E-state index contributed by atoms with van der Waals surface area (Å²) in [6, 6.07) is 51.2. The molecule has 3 heteroatoms. The van der Waals surface area contributed by atoms with Crippen molar-refractivity contribution in [3.8, 4) is 0 Å². The second-order valence-corrected chi connectivity index (χ2v) is 9.37. The summed E-state index contributed by atoms with van der Waals surface area (Å²) in [4.78, 5) is 2.31. The molecule has 6 rings (SSSR count). The van der Waals surface area contributed by atoms with Gasteiger partial charge in [0.05, 0.1) is 5.56 Å². The Labute approximate surface area is 218 Å². The lowest BCUT2D eigenvalue weighted by atomic mass is 9.88. The maximum absolute atomic E-state index is 13.1. The van der Waals surface area contributed by atoms with Crippen molar-refractivity contribution in [1.82, 2.24) is 0 Å². The molecule has 1 aliphatic heterocycles. The van der Waals surface area contributed by atoms with Crippen molar-refractivity contribution >= 4 is 11.5 Å². The van der Waals surface area contributed by atoms with Crippen LogP contribution >= 0.6 is 0 Å². The van der Waals surface area contributed by atoms with Crippen LogP contribution in [0.1, 0.15) is 28.3 Å². The molecule has 37 heavy (non-hydrogen) atoms. The van der Waals surface area contributed by atoms with Crippen LogP contribution in [-0.2, 0) is 12.3 Å². The quantitative estimate of drug-likeness (QED) is 0.272. The van der Waals surface area contributed by atoms with Crippen LogP contribution in [0.4, 0.5) is 5.69 Å². The summed E-state index contributed by atoms with van der Waals surface area (Å²) in [6.07, 6.45) is 0. The maximum Gasteiger partial charge on any atom is 0.288 e. The van der Waals surface area contributed by atoms with E-state index in [9.17, 15) is 5.11 Å². The first-order valence-corrected chi connectivity index (χ1v) is 12.7. The highest BCUT2D eigenvalue weighted by Crippen LogP contribution is 2.48. The summed E-state index contributed by atoms with van der Waals surface area (Å²) in [7, 11) is 0. The average Bonchev–Trinajstić information content (AvgIpc) is 3.24. The van der Waals surface area contributed by atoms with Gasteiger partial charge >= 0.3 is 0 Å². The molecule has 1 N–H and O–H groups in total. The molecule has 180 valence electrons. The fourth-order valence-electron chi connectivity index (χ4n) is 5.46. The summed E-state index contributed by atoms with van der Waals surface area (Å²) in [5.74, 6) is 0.968. The summed E-state index contributed by atoms with van der Waals surface area (Å²) < 4.78 is 2.18. The number of rotatable bonds is 6. The van der Waals surface area contributed by atoms with Gasteiger partial charge in [0.15, 0.2) is 6.04 Å². The average molecular weight is 482 g/mol. The Kier molecular flexibility index (Phi) is 6.13. The Hall–Kier alpha value is -4.47. The third-order valence-electron chi connectivity index (χ3n) is 7.10. The number of amidine groups is 1. The predicted molar refractivity (Wildman–Crippen MR) is 149 cm³/mol. The standard InChI is InChI=1S/C34H29N2O/c37-34(30-22-12-4-13-23-30)32(28-18-8-2-9-19-28)36(31-24-14-5-15-25-31)33(29-20-10-3-11-21-29)35(34)26-27-16-6-1-7-17-27/h1-25,32,37H,26H2/q+1. The molecule has 0 saturated heterocycles. The van der Waals surface area contributed by atoms with Gasteiger partial charge in [-0.2, -0.15) is 0 Å². The van der Waals surface area contributed by atoms with Crippen molar-refractivity contribution in [2.45, 2.75) is 18.3 Å². The van der Waals surface area contributed by atoms with Crippen molar-refractivity contribution in [3.05, 3.63) is 174 Å². The van der Waals surface area contributed by atoms with E-state index in [4.69, 9.17) is 0 Å². The first kappa shape index (κ1) is 23.0. The van der Waals surface area contributed by atoms with Gasteiger partial charge in [-0.05, 0) is 29.8 Å². The SMILES string of the molecule is OC1(c2ccccc2)C(c2ccccc2)N(c2ccccc2)C(c2ccccc2)=[N+]1Cc1ccccc1. The highest BCUT2D eigenvalue weighted by atomic mass is 16.3. The lowest BCUT2D eigenvalue weighted by Gasteiger charge is -2.31. The summed E-state index contributed by atoms with van der Waals surface area (Å²) in [6.45, 7) is 0.545. The first-order chi connectivity index (χ1) is 18.3. The van der Waals surface area contributed by atoms with E-state index >= 15 is 0 Å². The zero-order valence-corrected chi connectivity index (χ0v) is 20.6. The van der Waals surface area contributed by atoms with Crippen LogP contribution < -0.4 is 4.90 Å². The van der Waals surface area contributed by atoms with Gasteiger partial charge in [-0.3, -0.25) is 0 Å². The van der Waals surface area contributed by atoms with Crippen LogP contribution in [0.15, 0.2) is 152 Å². The van der Waals surface area contributed by atoms with Gasteiger partial charge in [-0.1, -0.05) is 127 Å². The molecule has 2 atom stereocenters. The molecule has 5 aromatic rings. The highest BCUT2D eigenvalue weighted by molar-refractivity contribution is 6.08. The second kappa shape index (κ2) is 9.88. The zero-order chi connectivity index (χ0) is 25.1. The van der Waals surface area contributed by atoms with E-state index in [-0.39, 0.29) is 0 Å². The van der Waals surface area contributed by atoms with Crippen LogP contribution in [0.5, 0.6) is 0 Å². The Morgan fingerprint density at radius 1 is 0.595 bits per heavy atom. The molecule has 0 radical (unpaired) electrons. The van der Waals surface area contributed by atoms with Crippen LogP contribution in [0.25, 0.3) is 0 Å². The van der Waals surface area contributed by atoms with Gasteiger partial charge in [0.25, 0.3) is 11.6 Å². The van der Waals surface area contributed by atoms with E-state index in [1.54, 1.807) is 0 Å². The largest absolute Gasteiger partial charge is 0.346 e. The fraction of sp³-hybridized carbons (Fsp3) is 0.0882. The van der Waals surface area contributed by atoms with Crippen LogP contribution in [0, 0.1) is 0 Å². The number of hydrogen-bond donors (Lipinski definition) is 1. The van der Waals surface area contributed by atoms with Crippen molar-refractivity contribution in [3.63, 3.8) is 0 Å². The number of para-hydroxylation sites is 1. The topological polar surface area (TPSA) is 26.5 Å². The smallest absolute Gasteiger partial charge is 0.288 e. The molecule has 2 unspecified atom stereocenters. The van der Waals surface area contributed by atoms with Crippen LogP contribution in [0.3, 0.4) is 0 Å². The molecule has 3 nitrogen and oxygen atoms in total. The van der Waals surface area contributed by atoms with Crippen molar-refractivity contribution in [2.24, 2.45) is 0 Å². The third-order valence-corrected chi connectivity index (χ3v) is 7.10. The molecule has 1 heterocycles. The number of aliphatic hydroxyl groups is 1. The Balaban J connectivity index is 1.70. The molecule has 0 amide bonds. The molecule has 0 spiro atoms. The number of hydrogen-bond acceptors (Lipinski definition) is 2. The predicted octanol–water partition coefficient (Wildman–Crippen LogP) is 6.75. The first-order valence-electron chi connectivity index (χ1n) is 12.7. The molecular weight excluding hydrogens is 452 g/mol. The number of anilines is 1. The monoisotopic (exact) mass is 481 g/mol. The van der Waals surface area contributed by atoms with Crippen molar-refractivity contribution in [2.75, 3.05) is 4.90 Å². The highest BCUT2D eigenvalue weighted by Gasteiger charge is 2.61. The van der Waals surface area contributed by atoms with Gasteiger partial charge < -0.3 is 5.11 Å². The number of nitrogens with zero attached hydrogens (tertiary/aromatic N) is 2. The maximum atomic E-state index is 13.1. The molecule has 0 saturated carbocycles. The number of benzene rings is 5. The van der Waals surface area contributed by atoms with Crippen molar-refractivity contribution < 1.29 is 9.68 Å². The van der Waals surface area contributed by atoms with E-state index < -0.39 is 11.8 Å². The van der Waals surface area contributed by atoms with Gasteiger partial charge in [-0.25, -0.2) is 9.48 Å². The van der Waals surface area contributed by atoms with E-state index in [0.29, 0.717) is 6.54 Å². The molecule has 5 aromatic carbocycles. The van der Waals surface area contributed by atoms with Gasteiger partial charge in [-0.15, -0.1) is 0 Å². The van der Waals surface area contributed by atoms with E-state index in [2.05, 4.69) is 94.4 Å². The van der Waals surface area contributed by atoms with Gasteiger partial charge in [0.1, 0.15) is 12.2 Å².